The third-order valence-electron chi connectivity index (χ3n) is 0.528. The van der Waals surface area contributed by atoms with E-state index in [2.05, 4.69) is 10.2 Å². The SMILES string of the molecule is O=[n+]1cnn([O-])cn1. The van der Waals surface area contributed by atoms with Crippen LogP contribution in [0.25, 0.3) is 0 Å². The predicted octanol–water partition coefficient (Wildman–Crippen LogP) is -1.46. The van der Waals surface area contributed by atoms with Gasteiger partial charge in [-0.05, 0) is 10.0 Å². The molecule has 6 nitrogen and oxygen atoms in total. The molecule has 0 aliphatic carbocycles. The largest absolute Gasteiger partial charge is 0.772 e. The molecule has 42 valence electrons. The first-order chi connectivity index (χ1) is 3.79. The maximum Gasteiger partial charge on any atom is 0.380 e. The molecule has 0 saturated carbocycles. The standard InChI is InChI=1S/C2H2N4O2/c7-5-1-3-6(8)2-4-5/h1-2H. The van der Waals surface area contributed by atoms with Gasteiger partial charge in [0, 0.05) is 0 Å². The van der Waals surface area contributed by atoms with Gasteiger partial charge in [0.15, 0.2) is 6.33 Å². The fraction of sp³-hybridized carbons (Fsp3) is 0. The number of rotatable bonds is 0. The van der Waals surface area contributed by atoms with Crippen LogP contribution in [0.15, 0.2) is 12.7 Å². The Morgan fingerprint density at radius 2 is 2.50 bits per heavy atom. The molecule has 1 aromatic rings. The van der Waals surface area contributed by atoms with Crippen molar-refractivity contribution in [2.75, 3.05) is 0 Å². The summed E-state index contributed by atoms with van der Waals surface area (Å²) in [5, 5.41) is 16.1. The van der Waals surface area contributed by atoms with Crippen molar-refractivity contribution in [2.45, 2.75) is 0 Å². The lowest BCUT2D eigenvalue weighted by Gasteiger charge is -1.92. The van der Waals surface area contributed by atoms with Crippen molar-refractivity contribution in [3.63, 3.8) is 0 Å². The third kappa shape index (κ3) is 0.780. The van der Waals surface area contributed by atoms with Crippen LogP contribution in [0.2, 0.25) is 0 Å². The number of hydrogen-bond donors (Lipinski definition) is 0. The van der Waals surface area contributed by atoms with Crippen LogP contribution in [0.3, 0.4) is 0 Å². The van der Waals surface area contributed by atoms with Gasteiger partial charge < -0.3 is 5.21 Å². The molecule has 1 rings (SSSR count). The first-order valence-electron chi connectivity index (χ1n) is 1.80. The topological polar surface area (TPSA) is 76.7 Å². The summed E-state index contributed by atoms with van der Waals surface area (Å²) < 4.78 is 0.189. The Morgan fingerprint density at radius 3 is 2.88 bits per heavy atom. The second kappa shape index (κ2) is 1.57. The summed E-state index contributed by atoms with van der Waals surface area (Å²) in [7, 11) is 0. The molecule has 0 N–H and O–H groups in total. The summed E-state index contributed by atoms with van der Waals surface area (Å²) in [6, 6.07) is 0. The molecule has 0 amide bonds. The van der Waals surface area contributed by atoms with Crippen molar-refractivity contribution >= 4 is 0 Å². The van der Waals surface area contributed by atoms with E-state index in [1.807, 2.05) is 0 Å². The van der Waals surface area contributed by atoms with Gasteiger partial charge in [-0.3, -0.25) is 0 Å². The number of aromatic nitrogens is 4. The zero-order valence-electron chi connectivity index (χ0n) is 3.76. The van der Waals surface area contributed by atoms with Crippen molar-refractivity contribution in [1.29, 1.82) is 0 Å². The summed E-state index contributed by atoms with van der Waals surface area (Å²) in [5.41, 5.74) is 0. The van der Waals surface area contributed by atoms with E-state index in [1.54, 1.807) is 0 Å². The van der Waals surface area contributed by atoms with E-state index in [1.165, 1.54) is 0 Å². The summed E-state index contributed by atoms with van der Waals surface area (Å²) in [4.78, 5) is 10.2. The summed E-state index contributed by atoms with van der Waals surface area (Å²) in [6.07, 6.45) is 1.54. The minimum atomic E-state index is 0.189. The summed E-state index contributed by atoms with van der Waals surface area (Å²) in [6.45, 7) is 0. The normalized spacial score (nSPS) is 9.00. The van der Waals surface area contributed by atoms with Gasteiger partial charge in [0.2, 0.25) is 0 Å². The highest BCUT2D eigenvalue weighted by Gasteiger charge is 1.85. The zero-order chi connectivity index (χ0) is 5.98. The van der Waals surface area contributed by atoms with E-state index in [4.69, 9.17) is 0 Å². The van der Waals surface area contributed by atoms with Crippen LogP contribution in [-0.4, -0.2) is 15.0 Å². The van der Waals surface area contributed by atoms with E-state index in [-0.39, 0.29) is 9.39 Å². The van der Waals surface area contributed by atoms with Gasteiger partial charge >= 0.3 is 6.33 Å². The van der Waals surface area contributed by atoms with E-state index < -0.39 is 0 Å². The van der Waals surface area contributed by atoms with Crippen LogP contribution in [-0.2, 0) is 0 Å². The smallest absolute Gasteiger partial charge is 0.380 e. The van der Waals surface area contributed by atoms with E-state index >= 15 is 0 Å². The van der Waals surface area contributed by atoms with Gasteiger partial charge in [0.25, 0.3) is 0 Å². The Kier molecular flexibility index (Phi) is 0.918. The molecule has 1 heterocycles. The minimum Gasteiger partial charge on any atom is -0.772 e. The van der Waals surface area contributed by atoms with Crippen molar-refractivity contribution in [2.24, 2.45) is 0 Å². The predicted molar refractivity (Wildman–Crippen MR) is 22.2 cm³/mol. The maximum atomic E-state index is 10.0. The molecular weight excluding hydrogens is 112 g/mol. The molecule has 0 bridgehead atoms. The van der Waals surface area contributed by atoms with Crippen molar-refractivity contribution in [3.8, 4) is 0 Å². The third-order valence-corrected chi connectivity index (χ3v) is 0.528. The second-order valence-electron chi connectivity index (χ2n) is 1.07. The minimum absolute atomic E-state index is 0.189. The molecule has 0 atom stereocenters. The van der Waals surface area contributed by atoms with Gasteiger partial charge in [-0.1, -0.05) is 0 Å². The van der Waals surface area contributed by atoms with E-state index in [0.717, 1.165) is 12.7 Å². The molecule has 0 saturated heterocycles. The summed E-state index contributed by atoms with van der Waals surface area (Å²) in [5.74, 6) is 0. The molecule has 0 spiro atoms. The fourth-order valence-electron chi connectivity index (χ4n) is 0.250. The highest BCUT2D eigenvalue weighted by atomic mass is 16.5. The quantitative estimate of drug-likeness (QED) is 0.386. The molecule has 0 aliphatic rings. The van der Waals surface area contributed by atoms with Gasteiger partial charge in [0.1, 0.15) is 4.54 Å². The Morgan fingerprint density at radius 1 is 1.75 bits per heavy atom. The van der Waals surface area contributed by atoms with Gasteiger partial charge in [-0.2, -0.15) is 4.85 Å². The van der Waals surface area contributed by atoms with E-state index in [0.29, 0.717) is 0 Å². The maximum absolute atomic E-state index is 10.0. The first-order valence-corrected chi connectivity index (χ1v) is 1.80. The van der Waals surface area contributed by atoms with Crippen LogP contribution < -0.4 is 4.54 Å². The average Bonchev–Trinajstić information content (AvgIpc) is 1.77. The zero-order valence-corrected chi connectivity index (χ0v) is 3.76. The molecule has 0 unspecified atom stereocenters. The molecular formula is C2H2N4O2. The van der Waals surface area contributed by atoms with Gasteiger partial charge in [-0.15, -0.1) is 0 Å². The van der Waals surface area contributed by atoms with Crippen LogP contribution in [0.5, 0.6) is 0 Å². The fourth-order valence-corrected chi connectivity index (χ4v) is 0.250. The Labute approximate surface area is 43.6 Å². The van der Waals surface area contributed by atoms with Crippen molar-refractivity contribution in [3.05, 3.63) is 22.8 Å². The molecule has 8 heavy (non-hydrogen) atoms. The number of nitrogens with zero attached hydrogens (tertiary/aromatic N) is 4. The Bertz CT molecular complexity index is 209. The lowest BCUT2D eigenvalue weighted by atomic mass is 11.3. The lowest BCUT2D eigenvalue weighted by Crippen LogP contribution is -2.21. The van der Waals surface area contributed by atoms with Crippen LogP contribution >= 0.6 is 0 Å². The second-order valence-corrected chi connectivity index (χ2v) is 1.07. The van der Waals surface area contributed by atoms with E-state index in [9.17, 15) is 10.1 Å². The number of hydrogen-bond acceptors (Lipinski definition) is 4. The molecule has 0 aromatic carbocycles. The monoisotopic (exact) mass is 114 g/mol. The molecule has 0 fully saturated rings. The van der Waals surface area contributed by atoms with Crippen LogP contribution in [0.1, 0.15) is 0 Å². The Balaban J connectivity index is 3.22. The first kappa shape index (κ1) is 4.69. The van der Waals surface area contributed by atoms with Gasteiger partial charge in [-0.25, -0.2) is 0 Å². The highest BCUT2D eigenvalue weighted by Crippen LogP contribution is 1.60. The summed E-state index contributed by atoms with van der Waals surface area (Å²) >= 11 is 0. The van der Waals surface area contributed by atoms with Crippen molar-refractivity contribution < 1.29 is 4.54 Å². The van der Waals surface area contributed by atoms with Crippen LogP contribution in [0.4, 0.5) is 0 Å². The molecule has 1 aromatic heterocycles. The molecule has 0 radical (unpaired) electrons. The molecule has 0 aliphatic heterocycles. The Hall–Kier alpha value is -1.46. The van der Waals surface area contributed by atoms with Crippen molar-refractivity contribution in [1.82, 2.24) is 15.0 Å². The highest BCUT2D eigenvalue weighted by molar-refractivity contribution is 4.46. The lowest BCUT2D eigenvalue weighted by molar-refractivity contribution is -0.569. The average molecular weight is 114 g/mol. The van der Waals surface area contributed by atoms with Gasteiger partial charge in [0.05, 0.1) is 5.10 Å². The van der Waals surface area contributed by atoms with Crippen LogP contribution in [0, 0.1) is 10.1 Å². The molecule has 6 heteroatoms.